The second-order valence-electron chi connectivity index (χ2n) is 3.55. The molecule has 1 atom stereocenters. The van der Waals surface area contributed by atoms with E-state index in [9.17, 15) is 15.2 Å². The van der Waals surface area contributed by atoms with Gasteiger partial charge in [0.25, 0.3) is 5.69 Å². The summed E-state index contributed by atoms with van der Waals surface area (Å²) in [6, 6.07) is 1.45. The molecule has 0 spiro atoms. The molecule has 6 nitrogen and oxygen atoms in total. The highest BCUT2D eigenvalue weighted by atomic mass is 16.6. The summed E-state index contributed by atoms with van der Waals surface area (Å²) in [5.41, 5.74) is 0.937. The number of aromatic nitrogens is 1. The first kappa shape index (κ1) is 12.5. The van der Waals surface area contributed by atoms with Gasteiger partial charge in [0, 0.05) is 25.8 Å². The van der Waals surface area contributed by atoms with E-state index < -0.39 is 11.0 Å². The van der Waals surface area contributed by atoms with Crippen LogP contribution in [-0.2, 0) is 11.2 Å². The first-order valence-corrected chi connectivity index (χ1v) is 4.81. The van der Waals surface area contributed by atoms with Gasteiger partial charge in [-0.25, -0.2) is 0 Å². The molecule has 16 heavy (non-hydrogen) atoms. The first-order valence-electron chi connectivity index (χ1n) is 4.81. The van der Waals surface area contributed by atoms with E-state index in [1.165, 1.54) is 13.2 Å². The van der Waals surface area contributed by atoms with Crippen molar-refractivity contribution in [3.05, 3.63) is 33.6 Å². The third kappa shape index (κ3) is 3.25. The molecule has 1 heterocycles. The Kier molecular flexibility index (Phi) is 4.33. The standard InChI is InChI=1S/C10H14N2O4/c1-7-3-10(12(14)15)9(11-5-7)4-8(13)6-16-2/h3,5,8,13H,4,6H2,1-2H3. The van der Waals surface area contributed by atoms with Crippen LogP contribution < -0.4 is 0 Å². The number of nitro groups is 1. The fourth-order valence-electron chi connectivity index (χ4n) is 1.37. The number of nitrogens with zero attached hydrogens (tertiary/aromatic N) is 2. The molecule has 0 saturated carbocycles. The zero-order valence-electron chi connectivity index (χ0n) is 9.21. The minimum absolute atomic E-state index is 0.0600. The molecule has 1 unspecified atom stereocenters. The average Bonchev–Trinajstić information content (AvgIpc) is 2.20. The van der Waals surface area contributed by atoms with Crippen molar-refractivity contribution in [1.29, 1.82) is 0 Å². The summed E-state index contributed by atoms with van der Waals surface area (Å²) < 4.78 is 4.75. The van der Waals surface area contributed by atoms with Gasteiger partial charge in [-0.1, -0.05) is 0 Å². The van der Waals surface area contributed by atoms with E-state index in [0.29, 0.717) is 0 Å². The van der Waals surface area contributed by atoms with E-state index >= 15 is 0 Å². The number of methoxy groups -OCH3 is 1. The largest absolute Gasteiger partial charge is 0.390 e. The summed E-state index contributed by atoms with van der Waals surface area (Å²) in [6.45, 7) is 1.86. The summed E-state index contributed by atoms with van der Waals surface area (Å²) in [4.78, 5) is 14.2. The van der Waals surface area contributed by atoms with Crippen LogP contribution in [0.15, 0.2) is 12.3 Å². The van der Waals surface area contributed by atoms with E-state index in [-0.39, 0.29) is 24.4 Å². The van der Waals surface area contributed by atoms with Crippen LogP contribution in [0.5, 0.6) is 0 Å². The molecule has 0 bridgehead atoms. The number of aryl methyl sites for hydroxylation is 1. The van der Waals surface area contributed by atoms with Crippen LogP contribution in [0.1, 0.15) is 11.3 Å². The molecule has 6 heteroatoms. The predicted octanol–water partition coefficient (Wildman–Crippen LogP) is 0.848. The van der Waals surface area contributed by atoms with Crippen LogP contribution in [0.25, 0.3) is 0 Å². The van der Waals surface area contributed by atoms with Crippen molar-refractivity contribution in [1.82, 2.24) is 4.98 Å². The molecule has 0 amide bonds. The van der Waals surface area contributed by atoms with Gasteiger partial charge in [-0.15, -0.1) is 0 Å². The Hall–Kier alpha value is -1.53. The number of hydrogen-bond acceptors (Lipinski definition) is 5. The van der Waals surface area contributed by atoms with Crippen molar-refractivity contribution in [3.8, 4) is 0 Å². The van der Waals surface area contributed by atoms with Gasteiger partial charge in [-0.2, -0.15) is 0 Å². The minimum Gasteiger partial charge on any atom is -0.390 e. The molecule has 0 aromatic carbocycles. The van der Waals surface area contributed by atoms with Crippen LogP contribution >= 0.6 is 0 Å². The summed E-state index contributed by atoms with van der Waals surface area (Å²) in [5.74, 6) is 0. The molecule has 88 valence electrons. The van der Waals surface area contributed by atoms with Crippen LogP contribution in [0.3, 0.4) is 0 Å². The summed E-state index contributed by atoms with van der Waals surface area (Å²) in [6.07, 6.45) is 0.880. The van der Waals surface area contributed by atoms with E-state index in [2.05, 4.69) is 4.98 Å². The van der Waals surface area contributed by atoms with Gasteiger partial charge in [0.05, 0.1) is 17.6 Å². The lowest BCUT2D eigenvalue weighted by atomic mass is 10.1. The van der Waals surface area contributed by atoms with E-state index in [1.54, 1.807) is 13.1 Å². The molecule has 0 radical (unpaired) electrons. The van der Waals surface area contributed by atoms with Crippen LogP contribution in [-0.4, -0.2) is 34.8 Å². The molecule has 0 aliphatic rings. The molecule has 0 aliphatic heterocycles. The van der Waals surface area contributed by atoms with Crippen molar-refractivity contribution in [2.24, 2.45) is 0 Å². The molecule has 1 aromatic heterocycles. The van der Waals surface area contributed by atoms with Crippen molar-refractivity contribution in [3.63, 3.8) is 0 Å². The minimum atomic E-state index is -0.779. The van der Waals surface area contributed by atoms with Crippen LogP contribution in [0.4, 0.5) is 5.69 Å². The molecule has 1 rings (SSSR count). The summed E-state index contributed by atoms with van der Waals surface area (Å²) >= 11 is 0. The Balaban J connectivity index is 2.90. The Labute approximate surface area is 93.0 Å². The van der Waals surface area contributed by atoms with Crippen LogP contribution in [0, 0.1) is 17.0 Å². The predicted molar refractivity (Wildman–Crippen MR) is 57.2 cm³/mol. The quantitative estimate of drug-likeness (QED) is 0.594. The first-order chi connectivity index (χ1) is 7.54. The molecular formula is C10H14N2O4. The molecule has 0 saturated heterocycles. The lowest BCUT2D eigenvalue weighted by molar-refractivity contribution is -0.386. The second kappa shape index (κ2) is 5.53. The fraction of sp³-hybridized carbons (Fsp3) is 0.500. The van der Waals surface area contributed by atoms with Crippen LogP contribution in [0.2, 0.25) is 0 Å². The fourth-order valence-corrected chi connectivity index (χ4v) is 1.37. The Bertz CT molecular complexity index is 381. The number of pyridine rings is 1. The topological polar surface area (TPSA) is 85.5 Å². The van der Waals surface area contributed by atoms with E-state index in [0.717, 1.165) is 5.56 Å². The maximum atomic E-state index is 10.8. The second-order valence-corrected chi connectivity index (χ2v) is 3.55. The van der Waals surface area contributed by atoms with Crippen molar-refractivity contribution in [2.75, 3.05) is 13.7 Å². The van der Waals surface area contributed by atoms with Crippen molar-refractivity contribution in [2.45, 2.75) is 19.4 Å². The van der Waals surface area contributed by atoms with E-state index in [1.807, 2.05) is 0 Å². The number of hydrogen-bond donors (Lipinski definition) is 1. The van der Waals surface area contributed by atoms with Crippen molar-refractivity contribution < 1.29 is 14.8 Å². The summed E-state index contributed by atoms with van der Waals surface area (Å²) in [7, 11) is 1.46. The molecule has 0 aliphatic carbocycles. The molecule has 1 aromatic rings. The number of rotatable bonds is 5. The van der Waals surface area contributed by atoms with Crippen molar-refractivity contribution >= 4 is 5.69 Å². The average molecular weight is 226 g/mol. The molecule has 1 N–H and O–H groups in total. The Morgan fingerprint density at radius 1 is 1.69 bits per heavy atom. The summed E-state index contributed by atoms with van der Waals surface area (Å²) in [5, 5.41) is 20.3. The van der Waals surface area contributed by atoms with Gasteiger partial charge in [0.2, 0.25) is 0 Å². The highest BCUT2D eigenvalue weighted by molar-refractivity contribution is 5.38. The SMILES string of the molecule is COCC(O)Cc1ncc(C)cc1[N+](=O)[O-]. The van der Waals surface area contributed by atoms with Gasteiger partial charge in [0.15, 0.2) is 0 Å². The van der Waals surface area contributed by atoms with Gasteiger partial charge >= 0.3 is 0 Å². The maximum absolute atomic E-state index is 10.8. The molecule has 0 fully saturated rings. The van der Waals surface area contributed by atoms with Gasteiger partial charge < -0.3 is 9.84 Å². The monoisotopic (exact) mass is 226 g/mol. The zero-order chi connectivity index (χ0) is 12.1. The zero-order valence-corrected chi connectivity index (χ0v) is 9.21. The van der Waals surface area contributed by atoms with Gasteiger partial charge in [0.1, 0.15) is 5.69 Å². The third-order valence-electron chi connectivity index (χ3n) is 2.07. The van der Waals surface area contributed by atoms with Gasteiger partial charge in [-0.05, 0) is 12.5 Å². The highest BCUT2D eigenvalue weighted by Crippen LogP contribution is 2.18. The number of ether oxygens (including phenoxy) is 1. The lowest BCUT2D eigenvalue weighted by Crippen LogP contribution is -2.18. The number of aliphatic hydroxyl groups is 1. The highest BCUT2D eigenvalue weighted by Gasteiger charge is 2.18. The normalized spacial score (nSPS) is 12.4. The Morgan fingerprint density at radius 3 is 2.94 bits per heavy atom. The number of aliphatic hydroxyl groups excluding tert-OH is 1. The maximum Gasteiger partial charge on any atom is 0.291 e. The lowest BCUT2D eigenvalue weighted by Gasteiger charge is -2.08. The van der Waals surface area contributed by atoms with Gasteiger partial charge in [-0.3, -0.25) is 15.1 Å². The molecular weight excluding hydrogens is 212 g/mol. The smallest absolute Gasteiger partial charge is 0.291 e. The third-order valence-corrected chi connectivity index (χ3v) is 2.07. The van der Waals surface area contributed by atoms with E-state index in [4.69, 9.17) is 4.74 Å². The Morgan fingerprint density at radius 2 is 2.38 bits per heavy atom.